The summed E-state index contributed by atoms with van der Waals surface area (Å²) in [6.07, 6.45) is 1.44. The van der Waals surface area contributed by atoms with Crippen LogP contribution in [-0.2, 0) is 4.79 Å². The molecule has 0 atom stereocenters. The van der Waals surface area contributed by atoms with E-state index < -0.39 is 11.5 Å². The Hall–Kier alpha value is -0.650. The average molecular weight is 221 g/mol. The highest BCUT2D eigenvalue weighted by Gasteiger charge is 2.24. The summed E-state index contributed by atoms with van der Waals surface area (Å²) in [7, 11) is 0. The lowest BCUT2D eigenvalue weighted by Gasteiger charge is -2.14. The van der Waals surface area contributed by atoms with Gasteiger partial charge in [-0.2, -0.15) is 0 Å². The molecule has 0 fully saturated rings. The predicted molar refractivity (Wildman–Crippen MR) is 52.1 cm³/mol. The minimum atomic E-state index is -1.40. The van der Waals surface area contributed by atoms with Crippen LogP contribution in [0.2, 0.25) is 4.34 Å². The van der Waals surface area contributed by atoms with Crippen molar-refractivity contribution in [3.8, 4) is 0 Å². The van der Waals surface area contributed by atoms with E-state index in [9.17, 15) is 9.90 Å². The van der Waals surface area contributed by atoms with Gasteiger partial charge in [0.25, 0.3) is 5.91 Å². The lowest BCUT2D eigenvalue weighted by Crippen LogP contribution is -2.36. The standard InChI is InChI=1S/C7H9ClN2O2S/c1-7(2,12)5(11)10-6-9-3-4(8)13-6/h3,12H,1-2H3,(H,9,10,11). The second kappa shape index (κ2) is 3.61. The number of amides is 1. The number of hydrogen-bond donors (Lipinski definition) is 2. The van der Waals surface area contributed by atoms with Crippen LogP contribution in [0.25, 0.3) is 0 Å². The van der Waals surface area contributed by atoms with Crippen molar-refractivity contribution in [3.05, 3.63) is 10.5 Å². The molecule has 1 heterocycles. The number of anilines is 1. The fourth-order valence-electron chi connectivity index (χ4n) is 0.562. The first kappa shape index (κ1) is 10.4. The summed E-state index contributed by atoms with van der Waals surface area (Å²) >= 11 is 6.74. The second-order valence-electron chi connectivity index (χ2n) is 2.98. The van der Waals surface area contributed by atoms with E-state index in [1.54, 1.807) is 0 Å². The van der Waals surface area contributed by atoms with Gasteiger partial charge in [-0.1, -0.05) is 22.9 Å². The Morgan fingerprint density at radius 3 is 2.77 bits per heavy atom. The third-order valence-electron chi connectivity index (χ3n) is 1.25. The fraction of sp³-hybridized carbons (Fsp3) is 0.429. The molecule has 0 saturated heterocycles. The Morgan fingerprint density at radius 2 is 2.38 bits per heavy atom. The van der Waals surface area contributed by atoms with E-state index in [-0.39, 0.29) is 0 Å². The van der Waals surface area contributed by atoms with Gasteiger partial charge in [-0.15, -0.1) is 0 Å². The molecule has 0 aliphatic carbocycles. The quantitative estimate of drug-likeness (QED) is 0.794. The van der Waals surface area contributed by atoms with Gasteiger partial charge in [0.05, 0.1) is 6.20 Å². The molecule has 0 saturated carbocycles. The smallest absolute Gasteiger partial charge is 0.257 e. The molecule has 1 aromatic rings. The van der Waals surface area contributed by atoms with Crippen molar-refractivity contribution in [3.63, 3.8) is 0 Å². The molecular weight excluding hydrogens is 212 g/mol. The molecule has 0 aliphatic rings. The van der Waals surface area contributed by atoms with Crippen LogP contribution in [0.5, 0.6) is 0 Å². The van der Waals surface area contributed by atoms with Gasteiger partial charge in [0.15, 0.2) is 5.13 Å². The predicted octanol–water partition coefficient (Wildman–Crippen LogP) is 1.51. The summed E-state index contributed by atoms with van der Waals surface area (Å²) in [6.45, 7) is 2.80. The zero-order valence-corrected chi connectivity index (χ0v) is 8.74. The van der Waals surface area contributed by atoms with Crippen LogP contribution in [0.1, 0.15) is 13.8 Å². The molecule has 0 unspecified atom stereocenters. The Kier molecular flexibility index (Phi) is 2.90. The molecule has 13 heavy (non-hydrogen) atoms. The zero-order valence-electron chi connectivity index (χ0n) is 7.17. The highest BCUT2D eigenvalue weighted by Crippen LogP contribution is 2.23. The number of halogens is 1. The molecular formula is C7H9ClN2O2S. The highest BCUT2D eigenvalue weighted by molar-refractivity contribution is 7.19. The van der Waals surface area contributed by atoms with Crippen LogP contribution in [-0.4, -0.2) is 21.6 Å². The number of rotatable bonds is 2. The van der Waals surface area contributed by atoms with Crippen LogP contribution in [0.4, 0.5) is 5.13 Å². The highest BCUT2D eigenvalue weighted by atomic mass is 35.5. The average Bonchev–Trinajstić information content (AvgIpc) is 2.33. The van der Waals surface area contributed by atoms with E-state index in [1.165, 1.54) is 20.0 Å². The van der Waals surface area contributed by atoms with E-state index in [2.05, 4.69) is 10.3 Å². The maximum atomic E-state index is 11.2. The van der Waals surface area contributed by atoms with Crippen molar-refractivity contribution in [2.45, 2.75) is 19.4 Å². The summed E-state index contributed by atoms with van der Waals surface area (Å²) in [6, 6.07) is 0. The Morgan fingerprint density at radius 1 is 1.77 bits per heavy atom. The molecule has 0 bridgehead atoms. The van der Waals surface area contributed by atoms with Gasteiger partial charge in [0, 0.05) is 0 Å². The van der Waals surface area contributed by atoms with Gasteiger partial charge in [-0.3, -0.25) is 10.1 Å². The zero-order chi connectivity index (χ0) is 10.1. The van der Waals surface area contributed by atoms with Crippen molar-refractivity contribution >= 4 is 34.0 Å². The first-order chi connectivity index (χ1) is 5.89. The van der Waals surface area contributed by atoms with Crippen LogP contribution in [0.15, 0.2) is 6.20 Å². The Labute approximate surface area is 84.6 Å². The Balaban J connectivity index is 2.65. The summed E-state index contributed by atoms with van der Waals surface area (Å²) in [4.78, 5) is 15.0. The van der Waals surface area contributed by atoms with E-state index >= 15 is 0 Å². The number of aromatic nitrogens is 1. The minimum absolute atomic E-state index is 0.386. The molecule has 72 valence electrons. The van der Waals surface area contributed by atoms with Crippen LogP contribution in [0, 0.1) is 0 Å². The van der Waals surface area contributed by atoms with Crippen molar-refractivity contribution in [2.24, 2.45) is 0 Å². The molecule has 0 radical (unpaired) electrons. The summed E-state index contributed by atoms with van der Waals surface area (Å²) < 4.78 is 0.492. The number of carbonyl (C=O) groups excluding carboxylic acids is 1. The number of hydrogen-bond acceptors (Lipinski definition) is 4. The number of aliphatic hydroxyl groups is 1. The lowest BCUT2D eigenvalue weighted by molar-refractivity contribution is -0.130. The van der Waals surface area contributed by atoms with Crippen molar-refractivity contribution in [1.82, 2.24) is 4.98 Å². The van der Waals surface area contributed by atoms with E-state index in [4.69, 9.17) is 11.6 Å². The number of carbonyl (C=O) groups is 1. The van der Waals surface area contributed by atoms with E-state index in [0.29, 0.717) is 9.47 Å². The molecule has 1 aromatic heterocycles. The van der Waals surface area contributed by atoms with Crippen LogP contribution < -0.4 is 5.32 Å². The summed E-state index contributed by atoms with van der Waals surface area (Å²) in [5.41, 5.74) is -1.40. The largest absolute Gasteiger partial charge is 0.381 e. The van der Waals surface area contributed by atoms with Gasteiger partial charge in [-0.25, -0.2) is 4.98 Å². The molecule has 0 spiro atoms. The van der Waals surface area contributed by atoms with Gasteiger partial charge in [0.1, 0.15) is 9.94 Å². The number of nitrogens with zero attached hydrogens (tertiary/aromatic N) is 1. The van der Waals surface area contributed by atoms with Gasteiger partial charge < -0.3 is 5.11 Å². The van der Waals surface area contributed by atoms with E-state index in [1.807, 2.05) is 0 Å². The topological polar surface area (TPSA) is 62.2 Å². The van der Waals surface area contributed by atoms with E-state index in [0.717, 1.165) is 11.3 Å². The fourth-order valence-corrected chi connectivity index (χ4v) is 1.37. The molecule has 2 N–H and O–H groups in total. The van der Waals surface area contributed by atoms with Gasteiger partial charge in [0.2, 0.25) is 0 Å². The molecule has 1 amide bonds. The van der Waals surface area contributed by atoms with Crippen molar-refractivity contribution in [2.75, 3.05) is 5.32 Å². The van der Waals surface area contributed by atoms with Gasteiger partial charge in [-0.05, 0) is 13.8 Å². The molecule has 0 aliphatic heterocycles. The third-order valence-corrected chi connectivity index (χ3v) is 2.28. The maximum absolute atomic E-state index is 11.2. The second-order valence-corrected chi connectivity index (χ2v) is 4.64. The summed E-state index contributed by atoms with van der Waals surface area (Å²) in [5.74, 6) is -0.501. The first-order valence-corrected chi connectivity index (χ1v) is 4.74. The third kappa shape index (κ3) is 2.95. The summed E-state index contributed by atoms with van der Waals surface area (Å²) in [5, 5.41) is 12.1. The SMILES string of the molecule is CC(C)(O)C(=O)Nc1ncc(Cl)s1. The monoisotopic (exact) mass is 220 g/mol. The van der Waals surface area contributed by atoms with Crippen LogP contribution in [0.3, 0.4) is 0 Å². The maximum Gasteiger partial charge on any atom is 0.257 e. The van der Waals surface area contributed by atoms with Crippen molar-refractivity contribution < 1.29 is 9.90 Å². The first-order valence-electron chi connectivity index (χ1n) is 3.55. The normalized spacial score (nSPS) is 11.4. The molecule has 6 heteroatoms. The lowest BCUT2D eigenvalue weighted by atomic mass is 10.1. The minimum Gasteiger partial charge on any atom is -0.381 e. The number of thiazole rings is 1. The van der Waals surface area contributed by atoms with Gasteiger partial charge >= 0.3 is 0 Å². The Bertz CT molecular complexity index is 319. The molecule has 1 rings (SSSR count). The van der Waals surface area contributed by atoms with Crippen LogP contribution >= 0.6 is 22.9 Å². The van der Waals surface area contributed by atoms with Crippen molar-refractivity contribution in [1.29, 1.82) is 0 Å². The molecule has 4 nitrogen and oxygen atoms in total. The number of nitrogens with one attached hydrogen (secondary N) is 1. The molecule has 0 aromatic carbocycles.